The van der Waals surface area contributed by atoms with Gasteiger partial charge in [0.05, 0.1) is 7.98 Å². The minimum atomic E-state index is -1.06. The van der Waals surface area contributed by atoms with Gasteiger partial charge in [0.25, 0.3) is 0 Å². The van der Waals surface area contributed by atoms with Gasteiger partial charge in [-0.2, -0.15) is 0 Å². The van der Waals surface area contributed by atoms with Crippen LogP contribution >= 0.6 is 0 Å². The molecule has 0 aliphatic heterocycles. The predicted molar refractivity (Wildman–Crippen MR) is 131 cm³/mol. The average Bonchev–Trinajstić information content (AvgIpc) is 3.19. The van der Waals surface area contributed by atoms with E-state index in [9.17, 15) is 4.79 Å². The van der Waals surface area contributed by atoms with Crippen LogP contribution in [0.3, 0.4) is 0 Å². The van der Waals surface area contributed by atoms with Gasteiger partial charge in [-0.3, -0.25) is 5.32 Å². The molecule has 0 heterocycles. The Morgan fingerprint density at radius 1 is 1.03 bits per heavy atom. The smallest absolute Gasteiger partial charge is 0.410 e. The highest BCUT2D eigenvalue weighted by Gasteiger charge is 2.43. The second-order valence-corrected chi connectivity index (χ2v) is 9.13. The molecular weight excluding hydrogens is 410 g/mol. The van der Waals surface area contributed by atoms with Crippen LogP contribution in [-0.2, 0) is 22.3 Å². The molecule has 4 rings (SSSR count). The molecule has 0 bridgehead atoms. The standard InChI is InChI=1S/C29H33NO3/c1-4-5-21-32-27(31)30-29(20-19-22-11-9-10-14-26(22)29)33-25-17-15-24(16-18-25)28(2,3)23-12-7-6-8-13-23/h6-18H,4-5,19-21H2,1-3H3,(H,30,31)/i17T. The number of rotatable bonds is 8. The van der Waals surface area contributed by atoms with E-state index in [-0.39, 0.29) is 11.5 Å². The molecule has 1 atom stereocenters. The van der Waals surface area contributed by atoms with E-state index in [2.05, 4.69) is 44.3 Å². The number of amides is 1. The Bertz CT molecular complexity index is 1150. The number of ether oxygens (including phenoxy) is 2. The summed E-state index contributed by atoms with van der Waals surface area (Å²) in [6, 6.07) is 24.2. The Balaban J connectivity index is 1.63. The molecule has 1 aliphatic rings. The predicted octanol–water partition coefficient (Wildman–Crippen LogP) is 6.72. The zero-order chi connectivity index (χ0) is 24.2. The molecule has 1 aliphatic carbocycles. The van der Waals surface area contributed by atoms with E-state index in [1.807, 2.05) is 54.6 Å². The molecule has 0 aromatic heterocycles. The van der Waals surface area contributed by atoms with Gasteiger partial charge in [-0.15, -0.1) is 0 Å². The van der Waals surface area contributed by atoms with E-state index in [0.29, 0.717) is 18.8 Å². The van der Waals surface area contributed by atoms with Crippen molar-refractivity contribution < 1.29 is 15.6 Å². The van der Waals surface area contributed by atoms with E-state index in [1.54, 1.807) is 0 Å². The normalized spacial score (nSPS) is 17.7. The lowest BCUT2D eigenvalue weighted by Crippen LogP contribution is -2.49. The van der Waals surface area contributed by atoms with Crippen molar-refractivity contribution in [3.63, 3.8) is 0 Å². The first-order valence-corrected chi connectivity index (χ1v) is 11.7. The van der Waals surface area contributed by atoms with Crippen LogP contribution in [0.5, 0.6) is 5.75 Å². The van der Waals surface area contributed by atoms with E-state index < -0.39 is 11.8 Å². The first-order valence-electron chi connectivity index (χ1n) is 12.2. The van der Waals surface area contributed by atoms with Gasteiger partial charge in [0, 0.05) is 17.4 Å². The highest BCUT2D eigenvalue weighted by atomic mass is 16.6. The highest BCUT2D eigenvalue weighted by molar-refractivity contribution is 5.69. The molecule has 172 valence electrons. The van der Waals surface area contributed by atoms with Crippen LogP contribution in [0.15, 0.2) is 78.8 Å². The number of fused-ring (bicyclic) bond motifs is 1. The van der Waals surface area contributed by atoms with Crippen LogP contribution < -0.4 is 10.1 Å². The summed E-state index contributed by atoms with van der Waals surface area (Å²) in [7, 11) is 0. The Morgan fingerprint density at radius 2 is 1.76 bits per heavy atom. The van der Waals surface area contributed by atoms with Crippen LogP contribution in [0.4, 0.5) is 4.79 Å². The van der Waals surface area contributed by atoms with Crippen LogP contribution in [0.2, 0.25) is 0 Å². The van der Waals surface area contributed by atoms with Crippen molar-refractivity contribution in [3.05, 3.63) is 101 Å². The molecule has 1 unspecified atom stereocenters. The zero-order valence-electron chi connectivity index (χ0n) is 20.7. The Kier molecular flexibility index (Phi) is 6.34. The molecule has 0 fully saturated rings. The van der Waals surface area contributed by atoms with E-state index in [1.165, 1.54) is 5.56 Å². The van der Waals surface area contributed by atoms with Crippen LogP contribution in [-0.4, -0.2) is 12.7 Å². The molecule has 0 saturated carbocycles. The first-order chi connectivity index (χ1) is 16.4. The van der Waals surface area contributed by atoms with Gasteiger partial charge >= 0.3 is 6.09 Å². The molecule has 0 saturated heterocycles. The topological polar surface area (TPSA) is 47.6 Å². The Hall–Kier alpha value is -3.27. The van der Waals surface area contributed by atoms with E-state index in [0.717, 1.165) is 36.0 Å². The second kappa shape index (κ2) is 9.70. The second-order valence-electron chi connectivity index (χ2n) is 9.13. The maximum atomic E-state index is 12.6. The Morgan fingerprint density at radius 3 is 2.52 bits per heavy atom. The number of hydrogen-bond donors (Lipinski definition) is 1. The van der Waals surface area contributed by atoms with Crippen molar-refractivity contribution in [3.8, 4) is 5.75 Å². The summed E-state index contributed by atoms with van der Waals surface area (Å²) in [6.45, 7) is 6.73. The summed E-state index contributed by atoms with van der Waals surface area (Å²) in [4.78, 5) is 12.6. The third kappa shape index (κ3) is 4.90. The number of carbonyl (C=O) groups is 1. The fourth-order valence-electron chi connectivity index (χ4n) is 4.42. The van der Waals surface area contributed by atoms with Gasteiger partial charge in [-0.1, -0.05) is 93.9 Å². The molecule has 3 aromatic rings. The number of nitrogens with one attached hydrogen (secondary N) is 1. The number of carbonyl (C=O) groups excluding carboxylic acids is 1. The van der Waals surface area contributed by atoms with Crippen molar-refractivity contribution in [2.24, 2.45) is 0 Å². The Labute approximate surface area is 198 Å². The number of hydrogen-bond acceptors (Lipinski definition) is 3. The van der Waals surface area contributed by atoms with Crippen molar-refractivity contribution >= 4 is 6.09 Å². The number of alkyl carbamates (subject to hydrolysis) is 1. The lowest BCUT2D eigenvalue weighted by Gasteiger charge is -2.32. The fourth-order valence-corrected chi connectivity index (χ4v) is 4.42. The third-order valence-electron chi connectivity index (χ3n) is 6.52. The van der Waals surface area contributed by atoms with E-state index in [4.69, 9.17) is 10.8 Å². The molecule has 0 radical (unpaired) electrons. The lowest BCUT2D eigenvalue weighted by atomic mass is 9.78. The quantitative estimate of drug-likeness (QED) is 0.309. The fraction of sp³-hybridized carbons (Fsp3) is 0.345. The SMILES string of the molecule is [3H]c1cc(C(C)(C)c2ccccc2)ccc1OC1(NC(=O)OCCCC)CCc2ccccc21. The number of unbranched alkanes of at least 4 members (excludes halogenated alkanes) is 1. The van der Waals surface area contributed by atoms with E-state index >= 15 is 0 Å². The van der Waals surface area contributed by atoms with Gasteiger partial charge in [0.1, 0.15) is 5.75 Å². The van der Waals surface area contributed by atoms with Crippen molar-refractivity contribution in [2.75, 3.05) is 6.61 Å². The monoisotopic (exact) mass is 445 g/mol. The molecule has 3 aromatic carbocycles. The van der Waals surface area contributed by atoms with Gasteiger partial charge in [-0.05, 0) is 41.6 Å². The third-order valence-corrected chi connectivity index (χ3v) is 6.52. The molecule has 4 nitrogen and oxygen atoms in total. The summed E-state index contributed by atoms with van der Waals surface area (Å²) < 4.78 is 20.6. The molecule has 4 heteroatoms. The molecule has 1 N–H and O–H groups in total. The van der Waals surface area contributed by atoms with Crippen LogP contribution in [0, 0.1) is 0 Å². The van der Waals surface area contributed by atoms with Crippen molar-refractivity contribution in [1.29, 1.82) is 0 Å². The summed E-state index contributed by atoms with van der Waals surface area (Å²) >= 11 is 0. The first kappa shape index (κ1) is 21.6. The molecule has 33 heavy (non-hydrogen) atoms. The van der Waals surface area contributed by atoms with Gasteiger partial charge in [0.15, 0.2) is 0 Å². The minimum absolute atomic E-state index is 0.255. The average molecular weight is 446 g/mol. The minimum Gasteiger partial charge on any atom is -0.464 e. The number of aryl methyl sites for hydroxylation is 1. The maximum Gasteiger partial charge on any atom is 0.410 e. The zero-order valence-corrected chi connectivity index (χ0v) is 19.7. The van der Waals surface area contributed by atoms with Crippen molar-refractivity contribution in [1.82, 2.24) is 5.32 Å². The van der Waals surface area contributed by atoms with Crippen LogP contribution in [0.25, 0.3) is 0 Å². The van der Waals surface area contributed by atoms with Gasteiger partial charge in [0.2, 0.25) is 5.72 Å². The maximum absolute atomic E-state index is 12.6. The lowest BCUT2D eigenvalue weighted by molar-refractivity contribution is 0.0248. The molecule has 1 amide bonds. The summed E-state index contributed by atoms with van der Waals surface area (Å²) in [5, 5.41) is 2.99. The highest BCUT2D eigenvalue weighted by Crippen LogP contribution is 2.40. The molecular formula is C29H33NO3. The van der Waals surface area contributed by atoms with Crippen molar-refractivity contribution in [2.45, 2.75) is 57.6 Å². The van der Waals surface area contributed by atoms with Gasteiger partial charge < -0.3 is 9.47 Å². The van der Waals surface area contributed by atoms with Gasteiger partial charge in [-0.25, -0.2) is 4.79 Å². The van der Waals surface area contributed by atoms with Crippen LogP contribution in [0.1, 0.15) is 63.7 Å². The molecule has 0 spiro atoms. The summed E-state index contributed by atoms with van der Waals surface area (Å²) in [6.07, 6.45) is 2.61. The number of benzene rings is 3. The largest absolute Gasteiger partial charge is 0.464 e. The summed E-state index contributed by atoms with van der Waals surface area (Å²) in [5.41, 5.74) is 2.94. The summed E-state index contributed by atoms with van der Waals surface area (Å²) in [5.74, 6) is 0.429.